The minimum absolute atomic E-state index is 0.115. The maximum Gasteiger partial charge on any atom is 0.317 e. The Morgan fingerprint density at radius 3 is 2.48 bits per heavy atom. The molecule has 2 amide bonds. The molecule has 128 valence electrons. The van der Waals surface area contributed by atoms with Crippen molar-refractivity contribution in [3.8, 4) is 0 Å². The third-order valence-corrected chi connectivity index (χ3v) is 4.53. The van der Waals surface area contributed by atoms with E-state index >= 15 is 0 Å². The summed E-state index contributed by atoms with van der Waals surface area (Å²) in [6, 6.07) is 10.7. The Bertz CT molecular complexity index is 441. The van der Waals surface area contributed by atoms with Gasteiger partial charge in [0.25, 0.3) is 0 Å². The van der Waals surface area contributed by atoms with Crippen LogP contribution in [-0.2, 0) is 6.42 Å². The van der Waals surface area contributed by atoms with E-state index in [0.29, 0.717) is 0 Å². The molecule has 2 rings (SSSR count). The van der Waals surface area contributed by atoms with Gasteiger partial charge < -0.3 is 10.2 Å². The van der Waals surface area contributed by atoms with Crippen molar-refractivity contribution in [3.63, 3.8) is 0 Å². The first-order chi connectivity index (χ1) is 11.3. The van der Waals surface area contributed by atoms with E-state index in [1.54, 1.807) is 0 Å². The van der Waals surface area contributed by atoms with Crippen LogP contribution in [0.2, 0.25) is 0 Å². The third kappa shape index (κ3) is 6.61. The Hall–Kier alpha value is -1.55. The maximum atomic E-state index is 12.1. The van der Waals surface area contributed by atoms with Crippen molar-refractivity contribution < 1.29 is 4.79 Å². The summed E-state index contributed by atoms with van der Waals surface area (Å²) < 4.78 is 0. The van der Waals surface area contributed by atoms with Crippen LogP contribution in [0.4, 0.5) is 4.79 Å². The summed E-state index contributed by atoms with van der Waals surface area (Å²) in [7, 11) is 0. The molecule has 1 aromatic rings. The van der Waals surface area contributed by atoms with E-state index in [1.165, 1.54) is 24.8 Å². The van der Waals surface area contributed by atoms with E-state index in [-0.39, 0.29) is 6.03 Å². The Morgan fingerprint density at radius 2 is 1.78 bits per heavy atom. The number of nitrogens with zero attached hydrogens (tertiary/aromatic N) is 2. The molecule has 1 aromatic carbocycles. The van der Waals surface area contributed by atoms with Crippen LogP contribution >= 0.6 is 0 Å². The number of piperazine rings is 1. The standard InChI is InChI=1S/C19H31N3O/c1-2-3-4-8-12-20-19(23)22-16-14-21(15-17-22)13-11-18-9-6-5-7-10-18/h5-7,9-10H,2-4,8,11-17H2,1H3,(H,20,23). The summed E-state index contributed by atoms with van der Waals surface area (Å²) in [6.45, 7) is 7.75. The lowest BCUT2D eigenvalue weighted by Gasteiger charge is -2.34. The molecule has 1 aliphatic rings. The van der Waals surface area contributed by atoms with Crippen LogP contribution in [0.5, 0.6) is 0 Å². The number of hydrogen-bond acceptors (Lipinski definition) is 2. The number of urea groups is 1. The zero-order chi connectivity index (χ0) is 16.3. The van der Waals surface area contributed by atoms with Crippen LogP contribution in [0, 0.1) is 0 Å². The van der Waals surface area contributed by atoms with E-state index in [0.717, 1.165) is 52.1 Å². The van der Waals surface area contributed by atoms with Gasteiger partial charge in [-0.15, -0.1) is 0 Å². The third-order valence-electron chi connectivity index (χ3n) is 4.53. The van der Waals surface area contributed by atoms with Crippen LogP contribution in [0.3, 0.4) is 0 Å². The quantitative estimate of drug-likeness (QED) is 0.748. The van der Waals surface area contributed by atoms with Crippen molar-refractivity contribution in [2.45, 2.75) is 39.0 Å². The minimum Gasteiger partial charge on any atom is -0.338 e. The second-order valence-electron chi connectivity index (χ2n) is 6.36. The molecule has 0 atom stereocenters. The van der Waals surface area contributed by atoms with E-state index in [9.17, 15) is 4.79 Å². The molecule has 0 aliphatic carbocycles. The molecule has 4 nitrogen and oxygen atoms in total. The van der Waals surface area contributed by atoms with Gasteiger partial charge in [0.05, 0.1) is 0 Å². The first kappa shape index (κ1) is 17.8. The van der Waals surface area contributed by atoms with Crippen molar-refractivity contribution >= 4 is 6.03 Å². The molecular weight excluding hydrogens is 286 g/mol. The highest BCUT2D eigenvalue weighted by Gasteiger charge is 2.20. The van der Waals surface area contributed by atoms with E-state index in [4.69, 9.17) is 0 Å². The number of nitrogens with one attached hydrogen (secondary N) is 1. The van der Waals surface area contributed by atoms with Crippen LogP contribution < -0.4 is 5.32 Å². The summed E-state index contributed by atoms with van der Waals surface area (Å²) >= 11 is 0. The van der Waals surface area contributed by atoms with Crippen molar-refractivity contribution in [2.75, 3.05) is 39.3 Å². The van der Waals surface area contributed by atoms with Gasteiger partial charge in [-0.25, -0.2) is 4.79 Å². The van der Waals surface area contributed by atoms with Crippen molar-refractivity contribution in [1.82, 2.24) is 15.1 Å². The fraction of sp³-hybridized carbons (Fsp3) is 0.632. The van der Waals surface area contributed by atoms with Crippen molar-refractivity contribution in [2.24, 2.45) is 0 Å². The Labute approximate surface area is 140 Å². The molecular formula is C19H31N3O. The lowest BCUT2D eigenvalue weighted by atomic mass is 10.1. The zero-order valence-electron chi connectivity index (χ0n) is 14.5. The fourth-order valence-corrected chi connectivity index (χ4v) is 2.97. The molecule has 1 heterocycles. The van der Waals surface area contributed by atoms with Gasteiger partial charge in [-0.3, -0.25) is 4.90 Å². The molecule has 0 aromatic heterocycles. The highest BCUT2D eigenvalue weighted by atomic mass is 16.2. The number of amides is 2. The number of benzene rings is 1. The molecule has 4 heteroatoms. The van der Waals surface area contributed by atoms with Gasteiger partial charge in [0.1, 0.15) is 0 Å². The van der Waals surface area contributed by atoms with Gasteiger partial charge in [0.2, 0.25) is 0 Å². The first-order valence-corrected chi connectivity index (χ1v) is 9.08. The van der Waals surface area contributed by atoms with Gasteiger partial charge >= 0.3 is 6.03 Å². The molecule has 23 heavy (non-hydrogen) atoms. The number of rotatable bonds is 8. The molecule has 0 radical (unpaired) electrons. The predicted octanol–water partition coefficient (Wildman–Crippen LogP) is 3.14. The molecule has 1 fully saturated rings. The average molecular weight is 317 g/mol. The highest BCUT2D eigenvalue weighted by molar-refractivity contribution is 5.74. The molecule has 1 aliphatic heterocycles. The van der Waals surface area contributed by atoms with Crippen LogP contribution in [0.25, 0.3) is 0 Å². The lowest BCUT2D eigenvalue weighted by molar-refractivity contribution is 0.140. The number of hydrogen-bond donors (Lipinski definition) is 1. The van der Waals surface area contributed by atoms with Crippen LogP contribution in [0.15, 0.2) is 30.3 Å². The molecule has 1 saturated heterocycles. The van der Waals surface area contributed by atoms with Gasteiger partial charge in [-0.1, -0.05) is 56.5 Å². The van der Waals surface area contributed by atoms with Gasteiger partial charge in [-0.05, 0) is 18.4 Å². The number of carbonyl (C=O) groups is 1. The summed E-state index contributed by atoms with van der Waals surface area (Å²) in [6.07, 6.45) is 5.89. The van der Waals surface area contributed by atoms with Gasteiger partial charge in [-0.2, -0.15) is 0 Å². The number of carbonyl (C=O) groups excluding carboxylic acids is 1. The normalized spacial score (nSPS) is 15.6. The monoisotopic (exact) mass is 317 g/mol. The number of unbranched alkanes of at least 4 members (excludes halogenated alkanes) is 3. The second kappa shape index (κ2) is 10.3. The summed E-state index contributed by atoms with van der Waals surface area (Å²) in [4.78, 5) is 16.5. The summed E-state index contributed by atoms with van der Waals surface area (Å²) in [5, 5.41) is 3.05. The zero-order valence-corrected chi connectivity index (χ0v) is 14.5. The van der Waals surface area contributed by atoms with E-state index in [1.807, 2.05) is 4.90 Å². The lowest BCUT2D eigenvalue weighted by Crippen LogP contribution is -2.52. The molecule has 0 saturated carbocycles. The highest BCUT2D eigenvalue weighted by Crippen LogP contribution is 2.06. The minimum atomic E-state index is 0.115. The van der Waals surface area contributed by atoms with Gasteiger partial charge in [0.15, 0.2) is 0 Å². The van der Waals surface area contributed by atoms with Crippen molar-refractivity contribution in [3.05, 3.63) is 35.9 Å². The van der Waals surface area contributed by atoms with E-state index in [2.05, 4.69) is 47.5 Å². The van der Waals surface area contributed by atoms with Crippen LogP contribution in [-0.4, -0.2) is 55.1 Å². The maximum absolute atomic E-state index is 12.1. The molecule has 1 N–H and O–H groups in total. The van der Waals surface area contributed by atoms with Gasteiger partial charge in [0, 0.05) is 39.3 Å². The summed E-state index contributed by atoms with van der Waals surface area (Å²) in [5.74, 6) is 0. The van der Waals surface area contributed by atoms with Crippen LogP contribution in [0.1, 0.15) is 38.2 Å². The average Bonchev–Trinajstić information content (AvgIpc) is 2.61. The summed E-state index contributed by atoms with van der Waals surface area (Å²) in [5.41, 5.74) is 1.39. The Morgan fingerprint density at radius 1 is 1.04 bits per heavy atom. The Balaban J connectivity index is 1.58. The van der Waals surface area contributed by atoms with Crippen molar-refractivity contribution in [1.29, 1.82) is 0 Å². The predicted molar refractivity (Wildman–Crippen MR) is 95.7 cm³/mol. The molecule has 0 bridgehead atoms. The Kier molecular flexibility index (Phi) is 7.95. The molecule has 0 unspecified atom stereocenters. The smallest absolute Gasteiger partial charge is 0.317 e. The fourth-order valence-electron chi connectivity index (χ4n) is 2.97. The first-order valence-electron chi connectivity index (χ1n) is 9.08. The van der Waals surface area contributed by atoms with E-state index < -0.39 is 0 Å². The second-order valence-corrected chi connectivity index (χ2v) is 6.36. The SMILES string of the molecule is CCCCCCNC(=O)N1CCN(CCc2ccccc2)CC1. The largest absolute Gasteiger partial charge is 0.338 e. The molecule has 0 spiro atoms. The topological polar surface area (TPSA) is 35.6 Å².